The lowest BCUT2D eigenvalue weighted by molar-refractivity contribution is -0.140. The van der Waals surface area contributed by atoms with E-state index in [9.17, 15) is 9.59 Å². The molecule has 0 saturated carbocycles. The van der Waals surface area contributed by atoms with Crippen LogP contribution in [-0.4, -0.2) is 45.7 Å². The van der Waals surface area contributed by atoms with Crippen LogP contribution < -0.4 is 5.32 Å². The monoisotopic (exact) mass is 401 g/mol. The molecule has 0 spiro atoms. The molecule has 1 N–H and O–H groups in total. The Morgan fingerprint density at radius 2 is 1.70 bits per heavy atom. The molecule has 0 saturated heterocycles. The fourth-order valence-corrected chi connectivity index (χ4v) is 3.14. The Bertz CT molecular complexity index is 505. The van der Waals surface area contributed by atoms with Crippen molar-refractivity contribution in [3.63, 3.8) is 0 Å². The van der Waals surface area contributed by atoms with Crippen LogP contribution in [0.1, 0.15) is 54.4 Å². The maximum Gasteiger partial charge on any atom is 0.407 e. The van der Waals surface area contributed by atoms with Crippen molar-refractivity contribution in [1.29, 1.82) is 0 Å². The van der Waals surface area contributed by atoms with E-state index in [2.05, 4.69) is 45.8 Å². The number of carbonyl (C=O) groups is 2. The minimum atomic E-state index is -1.94. The molecule has 0 aliphatic heterocycles. The van der Waals surface area contributed by atoms with Gasteiger partial charge in [-0.3, -0.25) is 4.79 Å². The molecule has 0 aromatic carbocycles. The number of carbonyl (C=O) groups excluding carboxylic acids is 2. The quantitative estimate of drug-likeness (QED) is 0.346. The smallest absolute Gasteiger partial charge is 0.407 e. The first kappa shape index (κ1) is 25.7. The van der Waals surface area contributed by atoms with Crippen molar-refractivity contribution in [2.45, 2.75) is 84.2 Å². The van der Waals surface area contributed by atoms with Crippen LogP contribution in [0.2, 0.25) is 18.1 Å². The second-order valence-corrected chi connectivity index (χ2v) is 14.1. The first-order valence-electron chi connectivity index (χ1n) is 9.46. The molecule has 2 atom stereocenters. The van der Waals surface area contributed by atoms with Crippen molar-refractivity contribution in [2.75, 3.05) is 13.7 Å². The highest BCUT2D eigenvalue weighted by Gasteiger charge is 2.38. The first-order chi connectivity index (χ1) is 12.1. The van der Waals surface area contributed by atoms with E-state index in [0.717, 1.165) is 0 Å². The lowest BCUT2D eigenvalue weighted by Gasteiger charge is -2.38. The van der Waals surface area contributed by atoms with Gasteiger partial charge in [0.1, 0.15) is 5.60 Å². The highest BCUT2D eigenvalue weighted by atomic mass is 28.4. The van der Waals surface area contributed by atoms with Crippen LogP contribution in [-0.2, 0) is 18.7 Å². The van der Waals surface area contributed by atoms with E-state index in [1.807, 2.05) is 20.8 Å². The molecule has 0 aromatic heterocycles. The van der Waals surface area contributed by atoms with E-state index in [4.69, 9.17) is 13.9 Å². The molecule has 0 fully saturated rings. The number of esters is 1. The average molecular weight is 402 g/mol. The molecule has 0 heterocycles. The molecule has 1 amide bonds. The van der Waals surface area contributed by atoms with Gasteiger partial charge in [0.2, 0.25) is 0 Å². The van der Waals surface area contributed by atoms with Crippen molar-refractivity contribution in [3.05, 3.63) is 12.7 Å². The summed E-state index contributed by atoms with van der Waals surface area (Å²) in [5, 5.41) is 2.96. The Morgan fingerprint density at radius 3 is 2.11 bits per heavy atom. The minimum Gasteiger partial charge on any atom is -0.469 e. The van der Waals surface area contributed by atoms with Crippen LogP contribution in [0.5, 0.6) is 0 Å². The molecule has 0 rings (SSSR count). The largest absolute Gasteiger partial charge is 0.469 e. The number of rotatable bonds is 9. The van der Waals surface area contributed by atoms with Crippen LogP contribution in [0.25, 0.3) is 0 Å². The van der Waals surface area contributed by atoms with Crippen molar-refractivity contribution >= 4 is 20.4 Å². The van der Waals surface area contributed by atoms with E-state index in [1.54, 1.807) is 6.08 Å². The van der Waals surface area contributed by atoms with E-state index in [0.29, 0.717) is 13.0 Å². The zero-order valence-electron chi connectivity index (χ0n) is 18.6. The topological polar surface area (TPSA) is 73.9 Å². The average Bonchev–Trinajstić information content (AvgIpc) is 2.49. The van der Waals surface area contributed by atoms with Gasteiger partial charge in [-0.2, -0.15) is 0 Å². The number of ether oxygens (including phenoxy) is 2. The number of amides is 1. The van der Waals surface area contributed by atoms with Gasteiger partial charge in [0.15, 0.2) is 8.32 Å². The molecule has 0 aromatic rings. The van der Waals surface area contributed by atoms with E-state index >= 15 is 0 Å². The maximum absolute atomic E-state index is 12.2. The van der Waals surface area contributed by atoms with Crippen LogP contribution in [0.15, 0.2) is 12.7 Å². The van der Waals surface area contributed by atoms with Crippen molar-refractivity contribution in [1.82, 2.24) is 5.32 Å². The molecular weight excluding hydrogens is 362 g/mol. The van der Waals surface area contributed by atoms with Gasteiger partial charge in [0, 0.05) is 25.0 Å². The number of nitrogens with one attached hydrogen (secondary N) is 1. The molecule has 1 unspecified atom stereocenters. The molecule has 0 aliphatic carbocycles. The van der Waals surface area contributed by atoms with Crippen LogP contribution in [0.3, 0.4) is 0 Å². The summed E-state index contributed by atoms with van der Waals surface area (Å²) in [6, 6.07) is -0.332. The molecule has 6 nitrogen and oxygen atoms in total. The fourth-order valence-electron chi connectivity index (χ4n) is 2.10. The standard InChI is InChI=1S/C20H39NO5Si/c1-11-15(14-25-27(9,10)20(5,6)7)16(12-13-17(22)24-8)21-18(23)26-19(2,3)4/h11,15-16H,1,12-14H2,2-10H3,(H,21,23)/t15?,16-/m1/s1. The van der Waals surface area contributed by atoms with E-state index in [1.165, 1.54) is 7.11 Å². The van der Waals surface area contributed by atoms with Gasteiger partial charge >= 0.3 is 12.1 Å². The zero-order chi connectivity index (χ0) is 21.5. The number of methoxy groups -OCH3 is 1. The lowest BCUT2D eigenvalue weighted by Crippen LogP contribution is -2.47. The summed E-state index contributed by atoms with van der Waals surface area (Å²) in [5.41, 5.74) is -0.599. The second-order valence-electron chi connectivity index (χ2n) is 9.34. The third-order valence-electron chi connectivity index (χ3n) is 4.85. The Labute approximate surface area is 166 Å². The third kappa shape index (κ3) is 9.96. The molecule has 7 heteroatoms. The molecule has 158 valence electrons. The lowest BCUT2D eigenvalue weighted by atomic mass is 9.96. The van der Waals surface area contributed by atoms with Gasteiger partial charge in [-0.15, -0.1) is 6.58 Å². The fraction of sp³-hybridized carbons (Fsp3) is 0.800. The SMILES string of the molecule is C=CC(CO[Si](C)(C)C(C)(C)C)[C@@H](CCC(=O)OC)NC(=O)OC(C)(C)C. The highest BCUT2D eigenvalue weighted by Crippen LogP contribution is 2.37. The molecule has 0 radical (unpaired) electrons. The van der Waals surface area contributed by atoms with Crippen LogP contribution >= 0.6 is 0 Å². The Kier molecular flexibility index (Phi) is 9.76. The maximum atomic E-state index is 12.2. The molecule has 0 bridgehead atoms. The van der Waals surface area contributed by atoms with Gasteiger partial charge in [-0.05, 0) is 45.3 Å². The summed E-state index contributed by atoms with van der Waals surface area (Å²) in [6.45, 7) is 20.6. The predicted molar refractivity (Wildman–Crippen MR) is 111 cm³/mol. The summed E-state index contributed by atoms with van der Waals surface area (Å²) < 4.78 is 16.4. The summed E-state index contributed by atoms with van der Waals surface area (Å²) in [7, 11) is -0.592. The van der Waals surface area contributed by atoms with Crippen molar-refractivity contribution in [3.8, 4) is 0 Å². The van der Waals surface area contributed by atoms with Gasteiger partial charge < -0.3 is 19.2 Å². The molecule has 27 heavy (non-hydrogen) atoms. The van der Waals surface area contributed by atoms with Gasteiger partial charge in [-0.1, -0.05) is 26.8 Å². The predicted octanol–water partition coefficient (Wildman–Crippen LogP) is 4.66. The Balaban J connectivity index is 5.19. The Morgan fingerprint density at radius 1 is 1.15 bits per heavy atom. The molecule has 0 aliphatic rings. The minimum absolute atomic E-state index is 0.0822. The Hall–Kier alpha value is -1.34. The zero-order valence-corrected chi connectivity index (χ0v) is 19.6. The van der Waals surface area contributed by atoms with Crippen LogP contribution in [0, 0.1) is 5.92 Å². The molecular formula is C20H39NO5Si. The van der Waals surface area contributed by atoms with Crippen LogP contribution in [0.4, 0.5) is 4.79 Å². The third-order valence-corrected chi connectivity index (χ3v) is 9.35. The number of hydrogen-bond acceptors (Lipinski definition) is 5. The second kappa shape index (κ2) is 10.3. The summed E-state index contributed by atoms with van der Waals surface area (Å²) in [6.07, 6.45) is 1.87. The van der Waals surface area contributed by atoms with Gasteiger partial charge in [0.05, 0.1) is 7.11 Å². The van der Waals surface area contributed by atoms with Gasteiger partial charge in [-0.25, -0.2) is 4.79 Å². The first-order valence-corrected chi connectivity index (χ1v) is 12.4. The van der Waals surface area contributed by atoms with E-state index in [-0.39, 0.29) is 29.4 Å². The summed E-state index contributed by atoms with van der Waals surface area (Å²) in [5.74, 6) is -0.463. The van der Waals surface area contributed by atoms with Crippen molar-refractivity contribution < 1.29 is 23.5 Å². The highest BCUT2D eigenvalue weighted by molar-refractivity contribution is 6.74. The van der Waals surface area contributed by atoms with Crippen molar-refractivity contribution in [2.24, 2.45) is 5.92 Å². The number of hydrogen-bond donors (Lipinski definition) is 1. The van der Waals surface area contributed by atoms with E-state index < -0.39 is 20.0 Å². The normalized spacial score (nSPS) is 14.9. The summed E-state index contributed by atoms with van der Waals surface area (Å²) in [4.78, 5) is 23.8. The number of alkyl carbamates (subject to hydrolysis) is 1. The van der Waals surface area contributed by atoms with Gasteiger partial charge in [0.25, 0.3) is 0 Å². The summed E-state index contributed by atoms with van der Waals surface area (Å²) >= 11 is 0.